The standard InChI is InChI=1S/C18H19ClFN3O2/c1-25-16-8-3-2-7-15(16)22-9-11-23(12-10-22)18(24)21-17-13(19)5-4-6-14(17)20/h2-8H,9-12H2,1H3,(H,21,24). The first-order valence-electron chi connectivity index (χ1n) is 7.98. The quantitative estimate of drug-likeness (QED) is 0.901. The Hall–Kier alpha value is -2.47. The topological polar surface area (TPSA) is 44.8 Å². The predicted octanol–water partition coefficient (Wildman–Crippen LogP) is 3.84. The zero-order valence-corrected chi connectivity index (χ0v) is 14.6. The summed E-state index contributed by atoms with van der Waals surface area (Å²) >= 11 is 5.95. The van der Waals surface area contributed by atoms with Crippen molar-refractivity contribution in [3.05, 3.63) is 53.3 Å². The maximum absolute atomic E-state index is 13.8. The highest BCUT2D eigenvalue weighted by molar-refractivity contribution is 6.33. The summed E-state index contributed by atoms with van der Waals surface area (Å²) in [7, 11) is 1.64. The van der Waals surface area contributed by atoms with E-state index < -0.39 is 5.82 Å². The van der Waals surface area contributed by atoms with E-state index in [1.807, 2.05) is 24.3 Å². The van der Waals surface area contributed by atoms with Crippen LogP contribution in [0.25, 0.3) is 0 Å². The number of nitrogens with zero attached hydrogens (tertiary/aromatic N) is 2. The van der Waals surface area contributed by atoms with Crippen LogP contribution in [0, 0.1) is 5.82 Å². The predicted molar refractivity (Wildman–Crippen MR) is 97.2 cm³/mol. The lowest BCUT2D eigenvalue weighted by molar-refractivity contribution is 0.208. The van der Waals surface area contributed by atoms with Crippen LogP contribution in [0.5, 0.6) is 5.75 Å². The molecule has 1 aliphatic rings. The van der Waals surface area contributed by atoms with Gasteiger partial charge in [-0.25, -0.2) is 9.18 Å². The summed E-state index contributed by atoms with van der Waals surface area (Å²) in [6.45, 7) is 2.38. The van der Waals surface area contributed by atoms with Gasteiger partial charge in [-0.1, -0.05) is 29.8 Å². The zero-order chi connectivity index (χ0) is 17.8. The monoisotopic (exact) mass is 363 g/mol. The molecule has 0 aliphatic carbocycles. The van der Waals surface area contributed by atoms with Gasteiger partial charge in [0.2, 0.25) is 0 Å². The Morgan fingerprint density at radius 2 is 1.84 bits per heavy atom. The van der Waals surface area contributed by atoms with Crippen LogP contribution in [0.1, 0.15) is 0 Å². The molecule has 0 bridgehead atoms. The maximum atomic E-state index is 13.8. The van der Waals surface area contributed by atoms with Crippen molar-refractivity contribution in [1.29, 1.82) is 0 Å². The molecule has 1 fully saturated rings. The number of urea groups is 1. The van der Waals surface area contributed by atoms with E-state index in [1.165, 1.54) is 12.1 Å². The number of amides is 2. The first-order valence-corrected chi connectivity index (χ1v) is 8.36. The molecule has 0 radical (unpaired) electrons. The fourth-order valence-corrected chi connectivity index (χ4v) is 3.05. The Morgan fingerprint density at radius 3 is 2.52 bits per heavy atom. The molecule has 1 saturated heterocycles. The maximum Gasteiger partial charge on any atom is 0.322 e. The van der Waals surface area contributed by atoms with E-state index in [9.17, 15) is 9.18 Å². The van der Waals surface area contributed by atoms with Crippen LogP contribution in [0.2, 0.25) is 5.02 Å². The molecular weight excluding hydrogens is 345 g/mol. The summed E-state index contributed by atoms with van der Waals surface area (Å²) in [5.74, 6) is 0.257. The van der Waals surface area contributed by atoms with Gasteiger partial charge in [0.25, 0.3) is 0 Å². The largest absolute Gasteiger partial charge is 0.495 e. The molecule has 0 aromatic heterocycles. The second kappa shape index (κ2) is 7.61. The summed E-state index contributed by atoms with van der Waals surface area (Å²) in [5, 5.41) is 2.74. The van der Waals surface area contributed by atoms with Crippen molar-refractivity contribution in [2.75, 3.05) is 43.5 Å². The van der Waals surface area contributed by atoms with E-state index >= 15 is 0 Å². The molecule has 2 aromatic carbocycles. The minimum atomic E-state index is -0.548. The molecule has 1 N–H and O–H groups in total. The van der Waals surface area contributed by atoms with Gasteiger partial charge in [-0.3, -0.25) is 0 Å². The van der Waals surface area contributed by atoms with Crippen molar-refractivity contribution in [1.82, 2.24) is 4.90 Å². The Labute approximate surface area is 150 Å². The highest BCUT2D eigenvalue weighted by atomic mass is 35.5. The number of benzene rings is 2. The number of halogens is 2. The number of nitrogens with one attached hydrogen (secondary N) is 1. The van der Waals surface area contributed by atoms with E-state index in [-0.39, 0.29) is 16.7 Å². The van der Waals surface area contributed by atoms with Crippen molar-refractivity contribution >= 4 is 29.0 Å². The zero-order valence-electron chi connectivity index (χ0n) is 13.8. The summed E-state index contributed by atoms with van der Waals surface area (Å²) in [4.78, 5) is 16.2. The van der Waals surface area contributed by atoms with Gasteiger partial charge >= 0.3 is 6.03 Å². The number of anilines is 2. The third-order valence-corrected chi connectivity index (χ3v) is 4.50. The molecule has 0 spiro atoms. The second-order valence-corrected chi connectivity index (χ2v) is 6.08. The van der Waals surface area contributed by atoms with Crippen LogP contribution < -0.4 is 15.0 Å². The fourth-order valence-electron chi connectivity index (χ4n) is 2.84. The fraction of sp³-hybridized carbons (Fsp3) is 0.278. The van der Waals surface area contributed by atoms with Gasteiger partial charge in [0.1, 0.15) is 11.6 Å². The summed E-state index contributed by atoms with van der Waals surface area (Å²) in [5.41, 5.74) is 1.02. The van der Waals surface area contributed by atoms with Crippen molar-refractivity contribution in [2.24, 2.45) is 0 Å². The third kappa shape index (κ3) is 3.79. The normalized spacial score (nSPS) is 14.4. The average molecular weight is 364 g/mol. The van der Waals surface area contributed by atoms with E-state index in [0.717, 1.165) is 11.4 Å². The van der Waals surface area contributed by atoms with E-state index in [1.54, 1.807) is 18.1 Å². The van der Waals surface area contributed by atoms with Gasteiger partial charge in [-0.2, -0.15) is 0 Å². The molecule has 7 heteroatoms. The number of hydrogen-bond donors (Lipinski definition) is 1. The number of hydrogen-bond acceptors (Lipinski definition) is 3. The molecule has 132 valence electrons. The van der Waals surface area contributed by atoms with Crippen LogP contribution in [0.3, 0.4) is 0 Å². The smallest absolute Gasteiger partial charge is 0.322 e. The van der Waals surface area contributed by atoms with Crippen LogP contribution in [0.15, 0.2) is 42.5 Å². The lowest BCUT2D eigenvalue weighted by atomic mass is 10.2. The van der Waals surface area contributed by atoms with E-state index in [0.29, 0.717) is 26.2 Å². The second-order valence-electron chi connectivity index (χ2n) is 5.67. The molecule has 1 aliphatic heterocycles. The van der Waals surface area contributed by atoms with Crippen molar-refractivity contribution < 1.29 is 13.9 Å². The number of ether oxygens (including phenoxy) is 1. The molecule has 0 saturated carbocycles. The van der Waals surface area contributed by atoms with Gasteiger partial charge in [-0.15, -0.1) is 0 Å². The number of piperazine rings is 1. The molecule has 2 aromatic rings. The minimum absolute atomic E-state index is 0.0151. The Bertz CT molecular complexity index is 743. The highest BCUT2D eigenvalue weighted by Crippen LogP contribution is 2.29. The van der Waals surface area contributed by atoms with Crippen molar-refractivity contribution in [3.8, 4) is 5.75 Å². The first-order chi connectivity index (χ1) is 12.1. The van der Waals surface area contributed by atoms with Gasteiger partial charge < -0.3 is 19.9 Å². The van der Waals surface area contributed by atoms with Crippen LogP contribution in [-0.4, -0.2) is 44.2 Å². The van der Waals surface area contributed by atoms with Gasteiger partial charge in [0.05, 0.1) is 23.5 Å². The van der Waals surface area contributed by atoms with Crippen LogP contribution in [0.4, 0.5) is 20.6 Å². The SMILES string of the molecule is COc1ccccc1N1CCN(C(=O)Nc2c(F)cccc2Cl)CC1. The van der Waals surface area contributed by atoms with E-state index in [2.05, 4.69) is 10.2 Å². The Balaban J connectivity index is 1.63. The number of carbonyl (C=O) groups is 1. The molecule has 3 rings (SSSR count). The third-order valence-electron chi connectivity index (χ3n) is 4.19. The van der Waals surface area contributed by atoms with Gasteiger partial charge in [-0.05, 0) is 24.3 Å². The summed E-state index contributed by atoms with van der Waals surface area (Å²) < 4.78 is 19.2. The lowest BCUT2D eigenvalue weighted by Gasteiger charge is -2.36. The minimum Gasteiger partial charge on any atom is -0.495 e. The number of carbonyl (C=O) groups excluding carboxylic acids is 1. The molecule has 0 unspecified atom stereocenters. The van der Waals surface area contributed by atoms with Gasteiger partial charge in [0.15, 0.2) is 0 Å². The lowest BCUT2D eigenvalue weighted by Crippen LogP contribution is -2.50. The Morgan fingerprint density at radius 1 is 1.12 bits per heavy atom. The molecule has 1 heterocycles. The van der Waals surface area contributed by atoms with Crippen molar-refractivity contribution in [3.63, 3.8) is 0 Å². The van der Waals surface area contributed by atoms with Crippen LogP contribution in [-0.2, 0) is 0 Å². The number of para-hydroxylation sites is 3. The molecule has 5 nitrogen and oxygen atoms in total. The molecular formula is C18H19ClFN3O2. The molecule has 25 heavy (non-hydrogen) atoms. The van der Waals surface area contributed by atoms with Crippen LogP contribution >= 0.6 is 11.6 Å². The first kappa shape index (κ1) is 17.4. The number of methoxy groups -OCH3 is 1. The highest BCUT2D eigenvalue weighted by Gasteiger charge is 2.24. The Kier molecular flexibility index (Phi) is 5.28. The molecule has 0 atom stereocenters. The van der Waals surface area contributed by atoms with E-state index in [4.69, 9.17) is 16.3 Å². The summed E-state index contributed by atoms with van der Waals surface area (Å²) in [6, 6.07) is 11.7. The average Bonchev–Trinajstić information content (AvgIpc) is 2.65. The van der Waals surface area contributed by atoms with Crippen molar-refractivity contribution in [2.45, 2.75) is 0 Å². The number of rotatable bonds is 3. The molecule has 2 amide bonds. The summed E-state index contributed by atoms with van der Waals surface area (Å²) in [6.07, 6.45) is 0. The van der Waals surface area contributed by atoms with Gasteiger partial charge in [0, 0.05) is 26.2 Å².